The molecule has 2 N–H and O–H groups in total. The van der Waals surface area contributed by atoms with E-state index in [0.717, 1.165) is 50.1 Å². The van der Waals surface area contributed by atoms with Crippen molar-refractivity contribution in [2.75, 3.05) is 0 Å². The van der Waals surface area contributed by atoms with Crippen molar-refractivity contribution >= 4 is 45.4 Å². The fourth-order valence-electron chi connectivity index (χ4n) is 3.85. The molecule has 5 rings (SSSR count). The summed E-state index contributed by atoms with van der Waals surface area (Å²) in [6.07, 6.45) is 5.48. The van der Waals surface area contributed by atoms with E-state index in [1.807, 2.05) is 66.2 Å². The zero-order valence-corrected chi connectivity index (χ0v) is 18.7. The van der Waals surface area contributed by atoms with Gasteiger partial charge in [0.05, 0.1) is 27.4 Å². The molecule has 0 fully saturated rings. The molecule has 0 atom stereocenters. The van der Waals surface area contributed by atoms with Crippen molar-refractivity contribution in [3.05, 3.63) is 101 Å². The Kier molecular flexibility index (Phi) is 5.59. The molecule has 2 heterocycles. The highest BCUT2D eigenvalue weighted by Gasteiger charge is 2.14. The zero-order valence-electron chi connectivity index (χ0n) is 18.0. The summed E-state index contributed by atoms with van der Waals surface area (Å²) in [5.74, 6) is 0. The Morgan fingerprint density at radius 1 is 1.03 bits per heavy atom. The van der Waals surface area contributed by atoms with E-state index in [4.69, 9.17) is 22.3 Å². The van der Waals surface area contributed by atoms with Crippen LogP contribution in [0.4, 0.5) is 5.69 Å². The first-order chi connectivity index (χ1) is 16.1. The maximum absolute atomic E-state index is 6.94. The lowest BCUT2D eigenvalue weighted by atomic mass is 10.0. The van der Waals surface area contributed by atoms with Gasteiger partial charge in [-0.2, -0.15) is 0 Å². The Labute approximate surface area is 196 Å². The zero-order chi connectivity index (χ0) is 22.8. The first-order valence-electron chi connectivity index (χ1n) is 10.5. The number of para-hydroxylation sites is 1. The molecule has 0 saturated heterocycles. The quantitative estimate of drug-likeness (QED) is 0.347. The summed E-state index contributed by atoms with van der Waals surface area (Å²) in [5.41, 5.74) is 12.8. The van der Waals surface area contributed by atoms with Gasteiger partial charge in [-0.1, -0.05) is 41.1 Å². The van der Waals surface area contributed by atoms with Crippen molar-refractivity contribution in [3.8, 4) is 5.69 Å². The number of nitrogens with two attached hydrogens (primary N) is 1. The predicted octanol–water partition coefficient (Wildman–Crippen LogP) is 5.70. The van der Waals surface area contributed by atoms with Gasteiger partial charge in [-0.25, -0.2) is 4.68 Å². The Morgan fingerprint density at radius 3 is 2.67 bits per heavy atom. The molecule has 0 spiro atoms. The van der Waals surface area contributed by atoms with Crippen LogP contribution in [0, 0.1) is 6.92 Å². The van der Waals surface area contributed by atoms with E-state index in [1.54, 1.807) is 12.3 Å². The molecular weight excluding hydrogens is 432 g/mol. The lowest BCUT2D eigenvalue weighted by molar-refractivity contribution is 0.825. The summed E-state index contributed by atoms with van der Waals surface area (Å²) in [6.45, 7) is 2.00. The predicted molar refractivity (Wildman–Crippen MR) is 135 cm³/mol. The number of benzene rings is 3. The van der Waals surface area contributed by atoms with Gasteiger partial charge in [-0.3, -0.25) is 9.98 Å². The van der Waals surface area contributed by atoms with E-state index in [1.165, 1.54) is 6.20 Å². The molecule has 0 aliphatic heterocycles. The highest BCUT2D eigenvalue weighted by molar-refractivity contribution is 6.36. The Hall–Kier alpha value is -4.03. The van der Waals surface area contributed by atoms with Gasteiger partial charge in [-0.15, -0.1) is 5.10 Å². The SMILES string of the molecule is Cc1nc2ccc(-n3nnc4ccccc43)cc2c(Cl)c1Cc1ccc(N=CC=CN)cc1. The van der Waals surface area contributed by atoms with Gasteiger partial charge >= 0.3 is 0 Å². The summed E-state index contributed by atoms with van der Waals surface area (Å²) >= 11 is 6.94. The largest absolute Gasteiger partial charge is 0.405 e. The minimum atomic E-state index is 0.677. The fourth-order valence-corrected chi connectivity index (χ4v) is 4.20. The van der Waals surface area contributed by atoms with Gasteiger partial charge in [0.1, 0.15) is 5.52 Å². The Morgan fingerprint density at radius 2 is 1.85 bits per heavy atom. The molecule has 6 nitrogen and oxygen atoms in total. The van der Waals surface area contributed by atoms with Crippen molar-refractivity contribution in [1.29, 1.82) is 0 Å². The van der Waals surface area contributed by atoms with Crippen molar-refractivity contribution in [3.63, 3.8) is 0 Å². The maximum atomic E-state index is 6.94. The van der Waals surface area contributed by atoms with Crippen LogP contribution in [0.15, 0.2) is 84.0 Å². The number of hydrogen-bond acceptors (Lipinski definition) is 5. The van der Waals surface area contributed by atoms with Crippen molar-refractivity contribution in [2.45, 2.75) is 13.3 Å². The normalized spacial score (nSPS) is 11.9. The minimum absolute atomic E-state index is 0.677. The third kappa shape index (κ3) is 4.08. The summed E-state index contributed by atoms with van der Waals surface area (Å²) in [6, 6.07) is 21.9. The summed E-state index contributed by atoms with van der Waals surface area (Å²) < 4.78 is 1.82. The van der Waals surface area contributed by atoms with Crippen LogP contribution in [0.3, 0.4) is 0 Å². The molecule has 162 valence electrons. The maximum Gasteiger partial charge on any atom is 0.113 e. The van der Waals surface area contributed by atoms with Crippen molar-refractivity contribution < 1.29 is 0 Å². The second kappa shape index (κ2) is 8.84. The van der Waals surface area contributed by atoms with Crippen LogP contribution in [0.2, 0.25) is 5.02 Å². The van der Waals surface area contributed by atoms with E-state index >= 15 is 0 Å². The first-order valence-corrected chi connectivity index (χ1v) is 10.9. The minimum Gasteiger partial charge on any atom is -0.405 e. The molecule has 3 aromatic carbocycles. The number of fused-ring (bicyclic) bond motifs is 2. The number of halogens is 1. The number of aliphatic imine (C=N–C) groups is 1. The van der Waals surface area contributed by atoms with Crippen LogP contribution in [0.5, 0.6) is 0 Å². The molecule has 0 aliphatic rings. The lowest BCUT2D eigenvalue weighted by Crippen LogP contribution is -2.00. The third-order valence-electron chi connectivity index (χ3n) is 5.54. The number of aromatic nitrogens is 4. The van der Waals surface area contributed by atoms with E-state index in [2.05, 4.69) is 27.4 Å². The highest BCUT2D eigenvalue weighted by Crippen LogP contribution is 2.32. The van der Waals surface area contributed by atoms with Gasteiger partial charge in [0.25, 0.3) is 0 Å². The van der Waals surface area contributed by atoms with Gasteiger partial charge in [0.2, 0.25) is 0 Å². The van der Waals surface area contributed by atoms with Crippen LogP contribution >= 0.6 is 11.6 Å². The first kappa shape index (κ1) is 20.8. The van der Waals surface area contributed by atoms with E-state index in [-0.39, 0.29) is 0 Å². The van der Waals surface area contributed by atoms with Gasteiger partial charge in [0, 0.05) is 23.7 Å². The molecule has 5 aromatic rings. The molecule has 2 aromatic heterocycles. The monoisotopic (exact) mass is 452 g/mol. The standard InChI is InChI=1S/C26H21ClN6/c1-17-21(15-18-7-9-19(10-8-18)29-14-4-13-28)26(27)22-16-20(11-12-23(22)30-17)33-25-6-3-2-5-24(25)31-32-33/h2-14,16H,15,28H2,1H3. The van der Waals surface area contributed by atoms with Crippen molar-refractivity contribution in [2.24, 2.45) is 10.7 Å². The molecule has 33 heavy (non-hydrogen) atoms. The average molecular weight is 453 g/mol. The number of pyridine rings is 1. The number of aryl methyl sites for hydroxylation is 1. The summed E-state index contributed by atoms with van der Waals surface area (Å²) in [5, 5.41) is 10.2. The Bertz CT molecular complexity index is 1520. The number of hydrogen-bond donors (Lipinski definition) is 1. The number of allylic oxidation sites excluding steroid dienone is 1. The topological polar surface area (TPSA) is 82.0 Å². The molecule has 0 unspecified atom stereocenters. The molecule has 7 heteroatoms. The average Bonchev–Trinajstić information content (AvgIpc) is 3.27. The van der Waals surface area contributed by atoms with Gasteiger partial charge < -0.3 is 5.73 Å². The number of rotatable bonds is 5. The molecule has 0 aliphatic carbocycles. The van der Waals surface area contributed by atoms with Crippen molar-refractivity contribution in [1.82, 2.24) is 20.0 Å². The molecule has 0 saturated carbocycles. The summed E-state index contributed by atoms with van der Waals surface area (Å²) in [4.78, 5) is 9.14. The van der Waals surface area contributed by atoms with Gasteiger partial charge in [-0.05, 0) is 72.8 Å². The number of nitrogens with zero attached hydrogens (tertiary/aromatic N) is 5. The summed E-state index contributed by atoms with van der Waals surface area (Å²) in [7, 11) is 0. The fraction of sp³-hybridized carbons (Fsp3) is 0.0769. The third-order valence-corrected chi connectivity index (χ3v) is 5.97. The second-order valence-electron chi connectivity index (χ2n) is 7.69. The highest BCUT2D eigenvalue weighted by atomic mass is 35.5. The van der Waals surface area contributed by atoms with Crippen LogP contribution in [-0.4, -0.2) is 26.2 Å². The van der Waals surface area contributed by atoms with Gasteiger partial charge in [0.15, 0.2) is 0 Å². The Balaban J connectivity index is 1.52. The van der Waals surface area contributed by atoms with E-state index < -0.39 is 0 Å². The van der Waals surface area contributed by atoms with Crippen LogP contribution in [-0.2, 0) is 6.42 Å². The van der Waals surface area contributed by atoms with Crippen LogP contribution in [0.25, 0.3) is 27.6 Å². The molecule has 0 bridgehead atoms. The van der Waals surface area contributed by atoms with Crippen LogP contribution in [0.1, 0.15) is 16.8 Å². The van der Waals surface area contributed by atoms with E-state index in [0.29, 0.717) is 11.4 Å². The van der Waals surface area contributed by atoms with E-state index in [9.17, 15) is 0 Å². The smallest absolute Gasteiger partial charge is 0.113 e. The lowest BCUT2D eigenvalue weighted by Gasteiger charge is -2.13. The molecular formula is C26H21ClN6. The molecule has 0 amide bonds. The van der Waals surface area contributed by atoms with Crippen LogP contribution < -0.4 is 5.73 Å². The molecule has 0 radical (unpaired) electrons. The second-order valence-corrected chi connectivity index (χ2v) is 8.07.